The molecule has 0 radical (unpaired) electrons. The summed E-state index contributed by atoms with van der Waals surface area (Å²) in [6.07, 6.45) is 4.90. The van der Waals surface area contributed by atoms with E-state index < -0.39 is 5.97 Å². The molecule has 27 heavy (non-hydrogen) atoms. The fourth-order valence-electron chi connectivity index (χ4n) is 3.57. The molecule has 1 aliphatic rings. The van der Waals surface area contributed by atoms with Crippen molar-refractivity contribution in [3.05, 3.63) is 53.5 Å². The summed E-state index contributed by atoms with van der Waals surface area (Å²) in [5.74, 6) is -0.637. The van der Waals surface area contributed by atoms with Gasteiger partial charge in [0, 0.05) is 36.8 Å². The molecule has 1 unspecified atom stereocenters. The van der Waals surface area contributed by atoms with E-state index in [4.69, 9.17) is 9.52 Å². The predicted molar refractivity (Wildman–Crippen MR) is 103 cm³/mol. The Kier molecular flexibility index (Phi) is 6.16. The number of para-hydroxylation sites is 1. The van der Waals surface area contributed by atoms with E-state index in [2.05, 4.69) is 35.3 Å². The molecule has 0 aliphatic carbocycles. The quantitative estimate of drug-likeness (QED) is 0.659. The zero-order valence-electron chi connectivity index (χ0n) is 15.6. The van der Waals surface area contributed by atoms with Crippen LogP contribution >= 0.6 is 0 Å². The van der Waals surface area contributed by atoms with Gasteiger partial charge in [0.15, 0.2) is 5.76 Å². The van der Waals surface area contributed by atoms with Crippen molar-refractivity contribution in [2.75, 3.05) is 11.4 Å². The molecule has 6 nitrogen and oxygen atoms in total. The maximum absolute atomic E-state index is 12.5. The number of fused-ring (bicyclic) bond motifs is 1. The number of nitrogens with one attached hydrogen (secondary N) is 1. The van der Waals surface area contributed by atoms with Crippen molar-refractivity contribution >= 4 is 17.6 Å². The first-order valence-corrected chi connectivity index (χ1v) is 9.47. The highest BCUT2D eigenvalue weighted by Crippen LogP contribution is 2.33. The molecule has 1 aromatic carbocycles. The molecule has 2 heterocycles. The average molecular weight is 370 g/mol. The number of hydrogen-bond donors (Lipinski definition) is 2. The van der Waals surface area contributed by atoms with Crippen molar-refractivity contribution in [3.63, 3.8) is 0 Å². The molecule has 1 aromatic heterocycles. The van der Waals surface area contributed by atoms with Gasteiger partial charge in [0.2, 0.25) is 0 Å². The van der Waals surface area contributed by atoms with Crippen LogP contribution in [0.15, 0.2) is 41.0 Å². The first-order chi connectivity index (χ1) is 13.1. The number of unbranched alkanes of at least 4 members (excludes halogenated alkanes) is 2. The molecular weight excluding hydrogens is 344 g/mol. The lowest BCUT2D eigenvalue weighted by Gasteiger charge is -2.24. The van der Waals surface area contributed by atoms with Crippen LogP contribution in [0, 0.1) is 0 Å². The number of carboxylic acid groups (broad SMARTS) is 1. The van der Waals surface area contributed by atoms with E-state index in [1.807, 2.05) is 12.1 Å². The molecule has 144 valence electrons. The minimum absolute atomic E-state index is 0.172. The second-order valence-corrected chi connectivity index (χ2v) is 7.05. The van der Waals surface area contributed by atoms with Crippen LogP contribution in [0.4, 0.5) is 5.69 Å². The third-order valence-corrected chi connectivity index (χ3v) is 5.00. The Labute approximate surface area is 159 Å². The highest BCUT2D eigenvalue weighted by molar-refractivity contribution is 5.93. The lowest BCUT2D eigenvalue weighted by Crippen LogP contribution is -2.30. The molecule has 1 aliphatic heterocycles. The van der Waals surface area contributed by atoms with E-state index in [0.29, 0.717) is 31.3 Å². The molecule has 0 saturated carbocycles. The maximum Gasteiger partial charge on any atom is 0.303 e. The summed E-state index contributed by atoms with van der Waals surface area (Å²) < 4.78 is 5.45. The van der Waals surface area contributed by atoms with Gasteiger partial charge in [0.25, 0.3) is 5.91 Å². The SMILES string of the molecule is CC1Cc2ccccc2N1Cc1ccoc1C(=O)NCCCCCC(=O)O. The fraction of sp³-hybridized carbons (Fsp3) is 0.429. The molecule has 2 aromatic rings. The average Bonchev–Trinajstić information content (AvgIpc) is 3.23. The number of anilines is 1. The molecule has 2 N–H and O–H groups in total. The van der Waals surface area contributed by atoms with Gasteiger partial charge in [0.05, 0.1) is 6.26 Å². The van der Waals surface area contributed by atoms with Gasteiger partial charge in [-0.1, -0.05) is 24.6 Å². The summed E-state index contributed by atoms with van der Waals surface area (Å²) in [6.45, 7) is 3.34. The van der Waals surface area contributed by atoms with Gasteiger partial charge >= 0.3 is 5.97 Å². The van der Waals surface area contributed by atoms with E-state index in [9.17, 15) is 9.59 Å². The van der Waals surface area contributed by atoms with Gasteiger partial charge in [-0.15, -0.1) is 0 Å². The minimum atomic E-state index is -0.781. The molecule has 0 saturated heterocycles. The minimum Gasteiger partial charge on any atom is -0.481 e. The Balaban J connectivity index is 1.55. The Morgan fingerprint density at radius 3 is 2.85 bits per heavy atom. The second-order valence-electron chi connectivity index (χ2n) is 7.05. The van der Waals surface area contributed by atoms with Gasteiger partial charge in [-0.3, -0.25) is 9.59 Å². The van der Waals surface area contributed by atoms with Crippen LogP contribution in [0.2, 0.25) is 0 Å². The second kappa shape index (κ2) is 8.75. The number of rotatable bonds is 9. The number of carbonyl (C=O) groups is 2. The van der Waals surface area contributed by atoms with Crippen molar-refractivity contribution in [2.24, 2.45) is 0 Å². The van der Waals surface area contributed by atoms with Crippen molar-refractivity contribution < 1.29 is 19.1 Å². The van der Waals surface area contributed by atoms with E-state index >= 15 is 0 Å². The number of carboxylic acids is 1. The molecule has 1 atom stereocenters. The molecular formula is C21H26N2O4. The van der Waals surface area contributed by atoms with Crippen LogP contribution in [-0.2, 0) is 17.8 Å². The normalized spacial score (nSPS) is 15.6. The summed E-state index contributed by atoms with van der Waals surface area (Å²) >= 11 is 0. The molecule has 0 fully saturated rings. The highest BCUT2D eigenvalue weighted by Gasteiger charge is 2.27. The van der Waals surface area contributed by atoms with Crippen LogP contribution < -0.4 is 10.2 Å². The van der Waals surface area contributed by atoms with Crippen molar-refractivity contribution in [1.82, 2.24) is 5.32 Å². The first kappa shape index (κ1) is 19.0. The number of furan rings is 1. The first-order valence-electron chi connectivity index (χ1n) is 9.47. The smallest absolute Gasteiger partial charge is 0.303 e. The summed E-state index contributed by atoms with van der Waals surface area (Å²) in [5, 5.41) is 11.5. The van der Waals surface area contributed by atoms with Crippen LogP contribution in [0.5, 0.6) is 0 Å². The third kappa shape index (κ3) is 4.70. The molecule has 6 heteroatoms. The summed E-state index contributed by atoms with van der Waals surface area (Å²) in [5.41, 5.74) is 3.43. The van der Waals surface area contributed by atoms with Gasteiger partial charge in [-0.05, 0) is 43.9 Å². The molecule has 0 bridgehead atoms. The molecule has 1 amide bonds. The fourth-order valence-corrected chi connectivity index (χ4v) is 3.57. The number of aliphatic carboxylic acids is 1. The highest BCUT2D eigenvalue weighted by atomic mass is 16.4. The van der Waals surface area contributed by atoms with Crippen LogP contribution in [-0.4, -0.2) is 29.6 Å². The molecule has 0 spiro atoms. The largest absolute Gasteiger partial charge is 0.481 e. The van der Waals surface area contributed by atoms with Crippen molar-refractivity contribution in [2.45, 2.75) is 51.6 Å². The lowest BCUT2D eigenvalue weighted by molar-refractivity contribution is -0.137. The monoisotopic (exact) mass is 370 g/mol. The van der Waals surface area contributed by atoms with Gasteiger partial charge in [-0.25, -0.2) is 0 Å². The van der Waals surface area contributed by atoms with E-state index in [-0.39, 0.29) is 12.3 Å². The van der Waals surface area contributed by atoms with Crippen LogP contribution in [0.1, 0.15) is 54.3 Å². The number of nitrogens with zero attached hydrogens (tertiary/aromatic N) is 1. The number of hydrogen-bond acceptors (Lipinski definition) is 4. The zero-order valence-corrected chi connectivity index (χ0v) is 15.6. The van der Waals surface area contributed by atoms with Crippen LogP contribution in [0.25, 0.3) is 0 Å². The number of carbonyl (C=O) groups excluding carboxylic acids is 1. The Hall–Kier alpha value is -2.76. The van der Waals surface area contributed by atoms with E-state index in [1.54, 1.807) is 6.26 Å². The lowest BCUT2D eigenvalue weighted by atomic mass is 10.1. The Morgan fingerprint density at radius 1 is 1.22 bits per heavy atom. The molecule has 3 rings (SSSR count). The topological polar surface area (TPSA) is 82.8 Å². The predicted octanol–water partition coefficient (Wildman–Crippen LogP) is 3.61. The Morgan fingerprint density at radius 2 is 2.04 bits per heavy atom. The standard InChI is InChI=1S/C21H26N2O4/c1-15-13-16-7-4-5-8-18(16)23(15)14-17-10-12-27-20(17)21(26)22-11-6-2-3-9-19(24)25/h4-5,7-8,10,12,15H,2-3,6,9,11,13-14H2,1H3,(H,22,26)(H,24,25). The summed E-state index contributed by atoms with van der Waals surface area (Å²) in [4.78, 5) is 25.2. The van der Waals surface area contributed by atoms with Crippen molar-refractivity contribution in [3.8, 4) is 0 Å². The summed E-state index contributed by atoms with van der Waals surface area (Å²) in [7, 11) is 0. The summed E-state index contributed by atoms with van der Waals surface area (Å²) in [6, 6.07) is 10.6. The van der Waals surface area contributed by atoms with E-state index in [0.717, 1.165) is 24.8 Å². The van der Waals surface area contributed by atoms with E-state index in [1.165, 1.54) is 11.3 Å². The van der Waals surface area contributed by atoms with Crippen LogP contribution in [0.3, 0.4) is 0 Å². The van der Waals surface area contributed by atoms with Gasteiger partial charge < -0.3 is 19.7 Å². The van der Waals surface area contributed by atoms with Gasteiger partial charge in [-0.2, -0.15) is 0 Å². The maximum atomic E-state index is 12.5. The number of benzene rings is 1. The number of amides is 1. The Bertz CT molecular complexity index is 799. The van der Waals surface area contributed by atoms with Crippen molar-refractivity contribution in [1.29, 1.82) is 0 Å². The third-order valence-electron chi connectivity index (χ3n) is 5.00. The van der Waals surface area contributed by atoms with Gasteiger partial charge in [0.1, 0.15) is 0 Å². The zero-order chi connectivity index (χ0) is 19.2.